The summed E-state index contributed by atoms with van der Waals surface area (Å²) >= 11 is 0. The van der Waals surface area contributed by atoms with Crippen LogP contribution in [0, 0.1) is 5.82 Å². The second-order valence-electron chi connectivity index (χ2n) is 9.48. The van der Waals surface area contributed by atoms with Gasteiger partial charge in [-0.05, 0) is 49.6 Å². The maximum absolute atomic E-state index is 13.7. The van der Waals surface area contributed by atoms with E-state index in [4.69, 9.17) is 9.47 Å². The zero-order chi connectivity index (χ0) is 27.9. The molecule has 208 valence electrons. The molecule has 0 spiro atoms. The Morgan fingerprint density at radius 2 is 1.71 bits per heavy atom. The molecule has 2 amide bonds. The molecule has 1 fully saturated rings. The third kappa shape index (κ3) is 7.59. The first-order valence-corrected chi connectivity index (χ1v) is 14.4. The van der Waals surface area contributed by atoms with Crippen molar-refractivity contribution >= 4 is 27.5 Å². The summed E-state index contributed by atoms with van der Waals surface area (Å²) < 4.78 is 50.7. The van der Waals surface area contributed by atoms with Gasteiger partial charge in [0.05, 0.1) is 26.2 Å². The highest BCUT2D eigenvalue weighted by Gasteiger charge is 2.32. The number of ether oxygens (including phenoxy) is 2. The van der Waals surface area contributed by atoms with Gasteiger partial charge in [-0.1, -0.05) is 31.4 Å². The third-order valence-electron chi connectivity index (χ3n) is 6.72. The van der Waals surface area contributed by atoms with Crippen LogP contribution in [0.2, 0.25) is 0 Å². The molecule has 9 nitrogen and oxygen atoms in total. The van der Waals surface area contributed by atoms with E-state index < -0.39 is 34.3 Å². The molecule has 0 radical (unpaired) electrons. The van der Waals surface area contributed by atoms with Gasteiger partial charge in [0.1, 0.15) is 29.9 Å². The second-order valence-corrected chi connectivity index (χ2v) is 11.4. The minimum Gasteiger partial charge on any atom is -0.497 e. The van der Waals surface area contributed by atoms with E-state index in [1.165, 1.54) is 55.5 Å². The van der Waals surface area contributed by atoms with Crippen molar-refractivity contribution in [1.82, 2.24) is 10.2 Å². The molecule has 1 aliphatic carbocycles. The van der Waals surface area contributed by atoms with Crippen LogP contribution in [0.4, 0.5) is 10.1 Å². The van der Waals surface area contributed by atoms with Gasteiger partial charge in [-0.25, -0.2) is 12.8 Å². The molecule has 1 atom stereocenters. The molecular formula is C27H36FN3O6S. The van der Waals surface area contributed by atoms with Crippen LogP contribution in [0.3, 0.4) is 0 Å². The maximum atomic E-state index is 13.7. The Morgan fingerprint density at radius 1 is 1.05 bits per heavy atom. The minimum absolute atomic E-state index is 0.00425. The third-order valence-corrected chi connectivity index (χ3v) is 7.85. The lowest BCUT2D eigenvalue weighted by molar-refractivity contribution is -0.139. The molecular weight excluding hydrogens is 513 g/mol. The predicted octanol–water partition coefficient (Wildman–Crippen LogP) is 3.48. The lowest BCUT2D eigenvalue weighted by atomic mass is 9.95. The van der Waals surface area contributed by atoms with Gasteiger partial charge in [0.25, 0.3) is 0 Å². The van der Waals surface area contributed by atoms with E-state index in [1.807, 2.05) is 0 Å². The molecule has 2 aromatic carbocycles. The first-order valence-electron chi connectivity index (χ1n) is 12.6. The van der Waals surface area contributed by atoms with Crippen LogP contribution in [0.15, 0.2) is 42.5 Å². The molecule has 0 saturated heterocycles. The number of hydrogen-bond acceptors (Lipinski definition) is 6. The van der Waals surface area contributed by atoms with E-state index in [0.717, 1.165) is 42.7 Å². The number of carbonyl (C=O) groups is 2. The lowest BCUT2D eigenvalue weighted by Crippen LogP contribution is -2.53. The molecule has 0 heterocycles. The molecule has 1 saturated carbocycles. The van der Waals surface area contributed by atoms with Crippen LogP contribution in [-0.4, -0.2) is 64.2 Å². The van der Waals surface area contributed by atoms with E-state index >= 15 is 0 Å². The zero-order valence-corrected chi connectivity index (χ0v) is 23.1. The molecule has 38 heavy (non-hydrogen) atoms. The summed E-state index contributed by atoms with van der Waals surface area (Å²) in [5.41, 5.74) is 0.759. The van der Waals surface area contributed by atoms with Gasteiger partial charge in [0, 0.05) is 18.7 Å². The van der Waals surface area contributed by atoms with Crippen molar-refractivity contribution in [1.29, 1.82) is 0 Å². The summed E-state index contributed by atoms with van der Waals surface area (Å²) in [5, 5.41) is 3.04. The van der Waals surface area contributed by atoms with Gasteiger partial charge in [0.15, 0.2) is 0 Å². The average Bonchev–Trinajstić information content (AvgIpc) is 2.90. The van der Waals surface area contributed by atoms with Crippen molar-refractivity contribution in [2.45, 2.75) is 57.7 Å². The highest BCUT2D eigenvalue weighted by Crippen LogP contribution is 2.33. The Labute approximate surface area is 224 Å². The molecule has 2 aromatic rings. The fraction of sp³-hybridized carbons (Fsp3) is 0.481. The van der Waals surface area contributed by atoms with Crippen LogP contribution in [0.1, 0.15) is 44.6 Å². The van der Waals surface area contributed by atoms with E-state index in [1.54, 1.807) is 13.0 Å². The fourth-order valence-corrected chi connectivity index (χ4v) is 5.38. The van der Waals surface area contributed by atoms with Gasteiger partial charge >= 0.3 is 0 Å². The summed E-state index contributed by atoms with van der Waals surface area (Å²) in [6.07, 6.45) is 5.95. The molecule has 0 aromatic heterocycles. The Balaban J connectivity index is 1.91. The zero-order valence-electron chi connectivity index (χ0n) is 22.3. The summed E-state index contributed by atoms with van der Waals surface area (Å²) in [7, 11) is -1.07. The van der Waals surface area contributed by atoms with Gasteiger partial charge in [0.2, 0.25) is 21.8 Å². The number of anilines is 1. The van der Waals surface area contributed by atoms with Gasteiger partial charge in [-0.3, -0.25) is 13.9 Å². The van der Waals surface area contributed by atoms with Crippen molar-refractivity contribution in [3.63, 3.8) is 0 Å². The molecule has 0 bridgehead atoms. The van der Waals surface area contributed by atoms with E-state index in [0.29, 0.717) is 11.3 Å². The molecule has 1 aliphatic rings. The van der Waals surface area contributed by atoms with Gasteiger partial charge in [-0.15, -0.1) is 0 Å². The smallest absolute Gasteiger partial charge is 0.244 e. The number of sulfonamides is 1. The fourth-order valence-electron chi connectivity index (χ4n) is 4.52. The Bertz CT molecular complexity index is 1220. The van der Waals surface area contributed by atoms with Crippen LogP contribution < -0.4 is 19.1 Å². The number of rotatable bonds is 11. The van der Waals surface area contributed by atoms with E-state index in [9.17, 15) is 22.4 Å². The predicted molar refractivity (Wildman–Crippen MR) is 143 cm³/mol. The van der Waals surface area contributed by atoms with E-state index in [-0.39, 0.29) is 29.9 Å². The molecule has 0 aliphatic heterocycles. The normalized spacial score (nSPS) is 14.9. The van der Waals surface area contributed by atoms with Crippen LogP contribution in [0.25, 0.3) is 0 Å². The number of halogens is 1. The quantitative estimate of drug-likeness (QED) is 0.460. The van der Waals surface area contributed by atoms with Crippen LogP contribution in [0.5, 0.6) is 11.5 Å². The van der Waals surface area contributed by atoms with Gasteiger partial charge < -0.3 is 19.7 Å². The summed E-state index contributed by atoms with van der Waals surface area (Å²) in [4.78, 5) is 28.2. The number of carbonyl (C=O) groups excluding carboxylic acids is 2. The SMILES string of the molecule is COc1ccc(N(CC(=O)N(Cc2ccc(F)cc2)[C@@H](C)C(=O)NC2CCCCC2)S(C)(=O)=O)c(OC)c1. The van der Waals surface area contributed by atoms with Crippen molar-refractivity contribution in [3.8, 4) is 11.5 Å². The maximum Gasteiger partial charge on any atom is 0.244 e. The number of nitrogens with zero attached hydrogens (tertiary/aromatic N) is 2. The minimum atomic E-state index is -3.93. The molecule has 0 unspecified atom stereocenters. The Kier molecular flexibility index (Phi) is 9.96. The highest BCUT2D eigenvalue weighted by atomic mass is 32.2. The number of benzene rings is 2. The van der Waals surface area contributed by atoms with E-state index in [2.05, 4.69) is 5.32 Å². The van der Waals surface area contributed by atoms with Crippen molar-refractivity contribution < 1.29 is 31.9 Å². The first-order chi connectivity index (χ1) is 18.0. The molecule has 3 rings (SSSR count). The topological polar surface area (TPSA) is 105 Å². The Morgan fingerprint density at radius 3 is 2.29 bits per heavy atom. The largest absolute Gasteiger partial charge is 0.497 e. The number of amides is 2. The number of hydrogen-bond donors (Lipinski definition) is 1. The summed E-state index contributed by atoms with van der Waals surface area (Å²) in [6.45, 7) is 1.04. The average molecular weight is 550 g/mol. The summed E-state index contributed by atoms with van der Waals surface area (Å²) in [6, 6.07) is 9.34. The number of methoxy groups -OCH3 is 2. The van der Waals surface area contributed by atoms with Crippen molar-refractivity contribution in [2.24, 2.45) is 0 Å². The lowest BCUT2D eigenvalue weighted by Gasteiger charge is -2.33. The summed E-state index contributed by atoms with van der Waals surface area (Å²) in [5.74, 6) is -0.680. The first kappa shape index (κ1) is 29.2. The monoisotopic (exact) mass is 549 g/mol. The van der Waals surface area contributed by atoms with Crippen molar-refractivity contribution in [3.05, 3.63) is 53.8 Å². The second kappa shape index (κ2) is 12.9. The molecule has 1 N–H and O–H groups in total. The standard InChI is InChI=1S/C27H36FN3O6S/c1-19(27(33)29-22-8-6-5-7-9-22)30(17-20-10-12-21(28)13-11-20)26(32)18-31(38(4,34)35)24-15-14-23(36-2)16-25(24)37-3/h10-16,19,22H,5-9,17-18H2,1-4H3,(H,29,33)/t19-/m0/s1. The molecule has 11 heteroatoms. The highest BCUT2D eigenvalue weighted by molar-refractivity contribution is 7.92. The van der Waals surface area contributed by atoms with Crippen LogP contribution >= 0.6 is 0 Å². The Hall–Kier alpha value is -3.34. The van der Waals surface area contributed by atoms with Gasteiger partial charge in [-0.2, -0.15) is 0 Å². The van der Waals surface area contributed by atoms with Crippen LogP contribution in [-0.2, 0) is 26.2 Å². The number of nitrogens with one attached hydrogen (secondary N) is 1. The van der Waals surface area contributed by atoms with Crippen molar-refractivity contribution in [2.75, 3.05) is 31.3 Å².